The highest BCUT2D eigenvalue weighted by molar-refractivity contribution is 9.10. The second kappa shape index (κ2) is 5.14. The van der Waals surface area contributed by atoms with Gasteiger partial charge in [0, 0.05) is 16.9 Å². The van der Waals surface area contributed by atoms with E-state index in [1.165, 1.54) is 6.20 Å². The fourth-order valence-electron chi connectivity index (χ4n) is 1.46. The van der Waals surface area contributed by atoms with E-state index in [0.29, 0.717) is 11.4 Å². The van der Waals surface area contributed by atoms with E-state index in [1.807, 2.05) is 13.0 Å². The van der Waals surface area contributed by atoms with Crippen molar-refractivity contribution in [2.24, 2.45) is 0 Å². The summed E-state index contributed by atoms with van der Waals surface area (Å²) in [7, 11) is 0. The maximum atomic E-state index is 12.0. The van der Waals surface area contributed by atoms with Crippen molar-refractivity contribution < 1.29 is 4.79 Å². The van der Waals surface area contributed by atoms with Crippen LogP contribution in [0.4, 0.5) is 11.6 Å². The van der Waals surface area contributed by atoms with Gasteiger partial charge in [-0.25, -0.2) is 9.97 Å². The fraction of sp³-hybridized carbons (Fsp3) is 0.0833. The van der Waals surface area contributed by atoms with Gasteiger partial charge in [-0.3, -0.25) is 4.79 Å². The Morgan fingerprint density at radius 3 is 2.89 bits per heavy atom. The second-order valence-electron chi connectivity index (χ2n) is 3.71. The number of aryl methyl sites for hydroxylation is 1. The van der Waals surface area contributed by atoms with Gasteiger partial charge >= 0.3 is 0 Å². The van der Waals surface area contributed by atoms with Gasteiger partial charge in [0.15, 0.2) is 0 Å². The number of nitrogens with one attached hydrogen (secondary N) is 1. The normalized spacial score (nSPS) is 10.1. The van der Waals surface area contributed by atoms with Crippen molar-refractivity contribution in [3.63, 3.8) is 0 Å². The van der Waals surface area contributed by atoms with Crippen LogP contribution >= 0.6 is 15.9 Å². The topological polar surface area (TPSA) is 80.9 Å². The van der Waals surface area contributed by atoms with Crippen molar-refractivity contribution in [1.82, 2.24) is 9.97 Å². The Labute approximate surface area is 113 Å². The summed E-state index contributed by atoms with van der Waals surface area (Å²) in [6.45, 7) is 1.86. The van der Waals surface area contributed by atoms with Crippen molar-refractivity contribution in [3.05, 3.63) is 46.2 Å². The lowest BCUT2D eigenvalue weighted by atomic mass is 10.2. The molecule has 0 unspecified atom stereocenters. The number of carbonyl (C=O) groups excluding carboxylic acids is 1. The average molecular weight is 307 g/mol. The number of amides is 1. The molecule has 0 saturated carbocycles. The average Bonchev–Trinajstić information content (AvgIpc) is 2.33. The summed E-state index contributed by atoms with van der Waals surface area (Å²) in [6, 6.07) is 5.15. The summed E-state index contributed by atoms with van der Waals surface area (Å²) in [4.78, 5) is 20.0. The van der Waals surface area contributed by atoms with Gasteiger partial charge in [0.1, 0.15) is 11.6 Å². The van der Waals surface area contributed by atoms with Crippen molar-refractivity contribution in [3.8, 4) is 0 Å². The molecule has 0 aliphatic rings. The molecule has 0 aromatic carbocycles. The Bertz CT molecular complexity index is 600. The third kappa shape index (κ3) is 2.65. The Morgan fingerprint density at radius 2 is 2.22 bits per heavy atom. The van der Waals surface area contributed by atoms with Crippen LogP contribution in [0.15, 0.2) is 35.1 Å². The van der Waals surface area contributed by atoms with Gasteiger partial charge in [-0.1, -0.05) is 0 Å². The summed E-state index contributed by atoms with van der Waals surface area (Å²) >= 11 is 3.31. The smallest absolute Gasteiger partial charge is 0.260 e. The van der Waals surface area contributed by atoms with Crippen LogP contribution in [0, 0.1) is 6.92 Å². The van der Waals surface area contributed by atoms with E-state index in [-0.39, 0.29) is 11.7 Å². The predicted octanol–water partition coefficient (Wildman–Crippen LogP) is 2.38. The molecule has 0 saturated heterocycles. The third-order valence-corrected chi connectivity index (χ3v) is 2.79. The summed E-state index contributed by atoms with van der Waals surface area (Å²) in [5.41, 5.74) is 6.83. The van der Waals surface area contributed by atoms with Gasteiger partial charge in [-0.05, 0) is 46.6 Å². The van der Waals surface area contributed by atoms with Crippen LogP contribution in [-0.4, -0.2) is 15.9 Å². The standard InChI is InChI=1S/C12H11BrN4O/c1-7-5-8(13)6-16-11(7)17-12(18)9-3-2-4-15-10(9)14/h2-6H,1H3,(H2,14,15)(H,16,17,18). The van der Waals surface area contributed by atoms with Crippen LogP contribution in [0.3, 0.4) is 0 Å². The van der Waals surface area contributed by atoms with E-state index in [2.05, 4.69) is 31.2 Å². The number of hydrogen-bond donors (Lipinski definition) is 2. The number of nitrogens with zero attached hydrogens (tertiary/aromatic N) is 2. The molecule has 18 heavy (non-hydrogen) atoms. The molecule has 0 aliphatic heterocycles. The van der Waals surface area contributed by atoms with E-state index in [0.717, 1.165) is 10.0 Å². The van der Waals surface area contributed by atoms with Crippen molar-refractivity contribution in [2.75, 3.05) is 11.1 Å². The lowest BCUT2D eigenvalue weighted by Gasteiger charge is -2.08. The first-order valence-corrected chi connectivity index (χ1v) is 6.01. The maximum absolute atomic E-state index is 12.0. The van der Waals surface area contributed by atoms with E-state index in [4.69, 9.17) is 5.73 Å². The highest BCUT2D eigenvalue weighted by Gasteiger charge is 2.12. The largest absolute Gasteiger partial charge is 0.383 e. The molecule has 92 valence electrons. The number of nitrogens with two attached hydrogens (primary N) is 1. The van der Waals surface area contributed by atoms with Gasteiger partial charge in [0.05, 0.1) is 5.56 Å². The van der Waals surface area contributed by atoms with Crippen molar-refractivity contribution >= 4 is 33.5 Å². The molecule has 0 spiro atoms. The minimum atomic E-state index is -0.321. The molecule has 3 N–H and O–H groups in total. The number of aromatic nitrogens is 2. The van der Waals surface area contributed by atoms with E-state index < -0.39 is 0 Å². The SMILES string of the molecule is Cc1cc(Br)cnc1NC(=O)c1cccnc1N. The number of halogens is 1. The lowest BCUT2D eigenvalue weighted by Crippen LogP contribution is -2.16. The van der Waals surface area contributed by atoms with E-state index >= 15 is 0 Å². The molecule has 2 heterocycles. The monoisotopic (exact) mass is 306 g/mol. The molecule has 2 aromatic heterocycles. The Kier molecular flexibility index (Phi) is 3.57. The minimum absolute atomic E-state index is 0.199. The van der Waals surface area contributed by atoms with Crippen LogP contribution in [-0.2, 0) is 0 Å². The number of pyridine rings is 2. The lowest BCUT2D eigenvalue weighted by molar-refractivity contribution is 0.102. The molecule has 6 heteroatoms. The summed E-state index contributed by atoms with van der Waals surface area (Å²) in [5, 5.41) is 2.70. The predicted molar refractivity (Wildman–Crippen MR) is 73.3 cm³/mol. The molecule has 0 bridgehead atoms. The first kappa shape index (κ1) is 12.5. The number of rotatable bonds is 2. The molecule has 0 aliphatic carbocycles. The van der Waals surface area contributed by atoms with E-state index in [1.54, 1.807) is 18.3 Å². The van der Waals surface area contributed by atoms with Gasteiger partial charge < -0.3 is 11.1 Å². The second-order valence-corrected chi connectivity index (χ2v) is 4.63. The number of carbonyl (C=O) groups is 1. The van der Waals surface area contributed by atoms with Crippen LogP contribution in [0.2, 0.25) is 0 Å². The number of anilines is 2. The summed E-state index contributed by atoms with van der Waals surface area (Å²) in [5.74, 6) is 0.384. The Hall–Kier alpha value is -1.95. The molecular weight excluding hydrogens is 296 g/mol. The zero-order valence-electron chi connectivity index (χ0n) is 9.64. The highest BCUT2D eigenvalue weighted by atomic mass is 79.9. The zero-order chi connectivity index (χ0) is 13.1. The van der Waals surface area contributed by atoms with Crippen molar-refractivity contribution in [1.29, 1.82) is 0 Å². The first-order valence-electron chi connectivity index (χ1n) is 5.22. The van der Waals surface area contributed by atoms with Crippen LogP contribution in [0.25, 0.3) is 0 Å². The molecule has 2 rings (SSSR count). The first-order chi connectivity index (χ1) is 8.58. The Morgan fingerprint density at radius 1 is 1.44 bits per heavy atom. The van der Waals surface area contributed by atoms with Crippen LogP contribution in [0.1, 0.15) is 15.9 Å². The van der Waals surface area contributed by atoms with Gasteiger partial charge in [0.25, 0.3) is 5.91 Å². The number of nitrogen functional groups attached to an aromatic ring is 1. The van der Waals surface area contributed by atoms with Crippen LogP contribution in [0.5, 0.6) is 0 Å². The minimum Gasteiger partial charge on any atom is -0.383 e. The molecule has 0 radical (unpaired) electrons. The quantitative estimate of drug-likeness (QED) is 0.892. The summed E-state index contributed by atoms with van der Waals surface area (Å²) in [6.07, 6.45) is 3.16. The molecule has 0 atom stereocenters. The molecule has 0 fully saturated rings. The van der Waals surface area contributed by atoms with Gasteiger partial charge in [0.2, 0.25) is 0 Å². The third-order valence-electron chi connectivity index (χ3n) is 2.36. The van der Waals surface area contributed by atoms with Gasteiger partial charge in [-0.15, -0.1) is 0 Å². The van der Waals surface area contributed by atoms with Crippen molar-refractivity contribution in [2.45, 2.75) is 6.92 Å². The Balaban J connectivity index is 2.24. The van der Waals surface area contributed by atoms with Crippen LogP contribution < -0.4 is 11.1 Å². The van der Waals surface area contributed by atoms with Gasteiger partial charge in [-0.2, -0.15) is 0 Å². The molecule has 2 aromatic rings. The molecule has 1 amide bonds. The maximum Gasteiger partial charge on any atom is 0.260 e. The highest BCUT2D eigenvalue weighted by Crippen LogP contribution is 2.18. The number of hydrogen-bond acceptors (Lipinski definition) is 4. The fourth-order valence-corrected chi connectivity index (χ4v) is 1.90. The molecular formula is C12H11BrN4O. The zero-order valence-corrected chi connectivity index (χ0v) is 11.2. The summed E-state index contributed by atoms with van der Waals surface area (Å²) < 4.78 is 0.860. The molecule has 5 nitrogen and oxygen atoms in total. The van der Waals surface area contributed by atoms with E-state index in [9.17, 15) is 4.79 Å².